The number of aliphatic hydroxyl groups is 3. The molecule has 5 N–H and O–H groups in total. The van der Waals surface area contributed by atoms with Crippen LogP contribution in [0.5, 0.6) is 0 Å². The van der Waals surface area contributed by atoms with Crippen molar-refractivity contribution < 1.29 is 24.4 Å². The number of nitrogens with zero attached hydrogens (tertiary/aromatic N) is 2. The van der Waals surface area contributed by atoms with Gasteiger partial charge in [0.25, 0.3) is 0 Å². The molecular weight excluding hydrogens is 273 g/mol. The fraction of sp³-hybridized carbons (Fsp3) is 0.455. The second-order valence-corrected chi connectivity index (χ2v) is 4.26. The van der Waals surface area contributed by atoms with E-state index in [1.807, 2.05) is 0 Å². The SMILES string of the molecule is Nc1nc(=O)n([C@@H]2O[C@H](CO)[C@@H](O)/C2=C/F)cc1CO. The Morgan fingerprint density at radius 3 is 2.80 bits per heavy atom. The zero-order valence-electron chi connectivity index (χ0n) is 10.3. The Morgan fingerprint density at radius 2 is 2.25 bits per heavy atom. The minimum absolute atomic E-state index is 0.117. The topological polar surface area (TPSA) is 131 Å². The van der Waals surface area contributed by atoms with Gasteiger partial charge in [0, 0.05) is 17.3 Å². The molecule has 1 aliphatic heterocycles. The maximum absolute atomic E-state index is 12.9. The van der Waals surface area contributed by atoms with Crippen molar-refractivity contribution in [1.82, 2.24) is 9.55 Å². The van der Waals surface area contributed by atoms with E-state index >= 15 is 0 Å². The third-order valence-electron chi connectivity index (χ3n) is 3.07. The summed E-state index contributed by atoms with van der Waals surface area (Å²) < 4.78 is 19.0. The summed E-state index contributed by atoms with van der Waals surface area (Å²) in [6.45, 7) is -1.01. The maximum Gasteiger partial charge on any atom is 0.351 e. The van der Waals surface area contributed by atoms with Crippen LogP contribution < -0.4 is 11.4 Å². The molecule has 0 bridgehead atoms. The van der Waals surface area contributed by atoms with E-state index in [4.69, 9.17) is 20.7 Å². The zero-order valence-corrected chi connectivity index (χ0v) is 10.3. The normalized spacial score (nSPS) is 28.2. The van der Waals surface area contributed by atoms with Crippen LogP contribution in [0.1, 0.15) is 11.8 Å². The Balaban J connectivity index is 2.48. The van der Waals surface area contributed by atoms with Crippen LogP contribution in [0.15, 0.2) is 22.9 Å². The predicted molar refractivity (Wildman–Crippen MR) is 65.0 cm³/mol. The van der Waals surface area contributed by atoms with Crippen LogP contribution in [0.3, 0.4) is 0 Å². The first kappa shape index (κ1) is 14.6. The van der Waals surface area contributed by atoms with E-state index in [1.165, 1.54) is 6.20 Å². The van der Waals surface area contributed by atoms with Gasteiger partial charge in [-0.25, -0.2) is 9.18 Å². The van der Waals surface area contributed by atoms with Gasteiger partial charge in [0.05, 0.1) is 19.5 Å². The Labute approximate surface area is 112 Å². The molecule has 1 saturated heterocycles. The highest BCUT2D eigenvalue weighted by Gasteiger charge is 2.40. The summed E-state index contributed by atoms with van der Waals surface area (Å²) in [6.07, 6.45) is -2.39. The van der Waals surface area contributed by atoms with E-state index in [2.05, 4.69) is 4.98 Å². The molecule has 20 heavy (non-hydrogen) atoms. The summed E-state index contributed by atoms with van der Waals surface area (Å²) in [5.41, 5.74) is 4.56. The summed E-state index contributed by atoms with van der Waals surface area (Å²) in [5, 5.41) is 27.9. The van der Waals surface area contributed by atoms with Crippen molar-refractivity contribution in [3.63, 3.8) is 0 Å². The molecule has 3 atom stereocenters. The monoisotopic (exact) mass is 287 g/mol. The molecule has 2 rings (SSSR count). The van der Waals surface area contributed by atoms with E-state index in [9.17, 15) is 14.3 Å². The minimum Gasteiger partial charge on any atom is -0.394 e. The van der Waals surface area contributed by atoms with Crippen molar-refractivity contribution in [2.45, 2.75) is 25.0 Å². The molecule has 0 aliphatic carbocycles. The average molecular weight is 287 g/mol. The number of ether oxygens (including phenoxy) is 1. The fourth-order valence-electron chi connectivity index (χ4n) is 1.98. The molecule has 0 spiro atoms. The third-order valence-corrected chi connectivity index (χ3v) is 3.07. The fourth-order valence-corrected chi connectivity index (χ4v) is 1.98. The zero-order chi connectivity index (χ0) is 14.9. The molecule has 0 unspecified atom stereocenters. The molecule has 8 nitrogen and oxygen atoms in total. The first-order valence-corrected chi connectivity index (χ1v) is 5.76. The minimum atomic E-state index is -1.38. The molecule has 0 saturated carbocycles. The molecule has 110 valence electrons. The molecule has 0 aromatic carbocycles. The van der Waals surface area contributed by atoms with Crippen molar-refractivity contribution in [3.05, 3.63) is 34.1 Å². The number of halogens is 1. The lowest BCUT2D eigenvalue weighted by atomic mass is 10.1. The molecule has 1 aromatic rings. The lowest BCUT2D eigenvalue weighted by Crippen LogP contribution is -2.29. The second kappa shape index (κ2) is 5.67. The number of nitrogens with two attached hydrogens (primary N) is 1. The van der Waals surface area contributed by atoms with Gasteiger partial charge in [0.1, 0.15) is 18.0 Å². The van der Waals surface area contributed by atoms with Crippen LogP contribution in [0.4, 0.5) is 10.2 Å². The largest absolute Gasteiger partial charge is 0.394 e. The van der Waals surface area contributed by atoms with Crippen molar-refractivity contribution in [2.75, 3.05) is 12.3 Å². The quantitative estimate of drug-likeness (QED) is 0.527. The number of rotatable bonds is 3. The van der Waals surface area contributed by atoms with Crippen LogP contribution in [0.25, 0.3) is 0 Å². The summed E-state index contributed by atoms with van der Waals surface area (Å²) in [7, 11) is 0. The van der Waals surface area contributed by atoms with E-state index in [1.54, 1.807) is 0 Å². The number of hydrogen-bond donors (Lipinski definition) is 4. The van der Waals surface area contributed by atoms with Gasteiger partial charge in [-0.1, -0.05) is 0 Å². The Morgan fingerprint density at radius 1 is 1.55 bits per heavy atom. The van der Waals surface area contributed by atoms with Gasteiger partial charge in [0.15, 0.2) is 6.23 Å². The molecule has 1 fully saturated rings. The summed E-state index contributed by atoms with van der Waals surface area (Å²) in [4.78, 5) is 15.3. The van der Waals surface area contributed by atoms with Crippen molar-refractivity contribution in [3.8, 4) is 0 Å². The number of anilines is 1. The van der Waals surface area contributed by atoms with Gasteiger partial charge in [-0.15, -0.1) is 0 Å². The summed E-state index contributed by atoms with van der Waals surface area (Å²) in [5.74, 6) is -0.142. The van der Waals surface area contributed by atoms with E-state index < -0.39 is 37.3 Å². The van der Waals surface area contributed by atoms with Gasteiger partial charge < -0.3 is 25.8 Å². The number of aliphatic hydroxyl groups excluding tert-OH is 3. The summed E-state index contributed by atoms with van der Waals surface area (Å²) in [6, 6.07) is 0. The van der Waals surface area contributed by atoms with E-state index in [-0.39, 0.29) is 23.3 Å². The van der Waals surface area contributed by atoms with Crippen molar-refractivity contribution >= 4 is 5.82 Å². The van der Waals surface area contributed by atoms with Crippen molar-refractivity contribution in [2.24, 2.45) is 0 Å². The molecule has 9 heteroatoms. The number of aromatic nitrogens is 2. The summed E-state index contributed by atoms with van der Waals surface area (Å²) >= 11 is 0. The van der Waals surface area contributed by atoms with Crippen LogP contribution in [0.2, 0.25) is 0 Å². The van der Waals surface area contributed by atoms with Gasteiger partial charge in [0.2, 0.25) is 0 Å². The number of nitrogen functional groups attached to an aromatic ring is 1. The predicted octanol–water partition coefficient (Wildman–Crippen LogP) is -1.58. The van der Waals surface area contributed by atoms with Crippen LogP contribution >= 0.6 is 0 Å². The third kappa shape index (κ3) is 2.31. The molecule has 2 heterocycles. The first-order valence-electron chi connectivity index (χ1n) is 5.76. The highest BCUT2D eigenvalue weighted by atomic mass is 19.1. The Hall–Kier alpha value is -1.81. The van der Waals surface area contributed by atoms with E-state index in [0.717, 1.165) is 4.57 Å². The molecule has 1 aromatic heterocycles. The van der Waals surface area contributed by atoms with Crippen LogP contribution in [-0.2, 0) is 11.3 Å². The van der Waals surface area contributed by atoms with Crippen LogP contribution in [0, 0.1) is 0 Å². The maximum atomic E-state index is 12.9. The lowest BCUT2D eigenvalue weighted by molar-refractivity contribution is -0.0448. The van der Waals surface area contributed by atoms with Crippen LogP contribution in [-0.4, -0.2) is 43.7 Å². The van der Waals surface area contributed by atoms with Gasteiger partial charge in [-0.2, -0.15) is 4.98 Å². The van der Waals surface area contributed by atoms with Gasteiger partial charge >= 0.3 is 5.69 Å². The molecule has 0 radical (unpaired) electrons. The lowest BCUT2D eigenvalue weighted by Gasteiger charge is -2.16. The molecular formula is C11H14FN3O5. The molecule has 0 amide bonds. The Kier molecular flexibility index (Phi) is 4.14. The second-order valence-electron chi connectivity index (χ2n) is 4.26. The Bertz CT molecular complexity index is 588. The number of hydrogen-bond acceptors (Lipinski definition) is 7. The highest BCUT2D eigenvalue weighted by Crippen LogP contribution is 2.33. The smallest absolute Gasteiger partial charge is 0.351 e. The standard InChI is InChI=1S/C11H14FN3O5/c12-1-6-8(18)7(4-17)20-10(6)15-2-5(3-16)9(13)14-11(15)19/h1-2,7-8,10,16-18H,3-4H2,(H2,13,14,19)/b6-1-/t7-,8+,10-/m1/s1. The van der Waals surface area contributed by atoms with Crippen molar-refractivity contribution in [1.29, 1.82) is 0 Å². The average Bonchev–Trinajstić information content (AvgIpc) is 2.75. The highest BCUT2D eigenvalue weighted by molar-refractivity contribution is 5.36. The molecule has 1 aliphatic rings. The van der Waals surface area contributed by atoms with Gasteiger partial charge in [-0.05, 0) is 0 Å². The van der Waals surface area contributed by atoms with Gasteiger partial charge in [-0.3, -0.25) is 4.57 Å². The first-order chi connectivity index (χ1) is 9.53. The van der Waals surface area contributed by atoms with E-state index in [0.29, 0.717) is 0 Å².